The summed E-state index contributed by atoms with van der Waals surface area (Å²) >= 11 is 0. The number of carbonyl (C=O) groups is 1. The Morgan fingerprint density at radius 3 is 2.96 bits per heavy atom. The number of rotatable bonds is 8. The number of nitrogens with one attached hydrogen (secondary N) is 1. The number of benzene rings is 1. The summed E-state index contributed by atoms with van der Waals surface area (Å²) in [4.78, 5) is 11.9. The second-order valence-corrected chi connectivity index (χ2v) is 5.76. The third-order valence-corrected chi connectivity index (χ3v) is 3.82. The van der Waals surface area contributed by atoms with E-state index < -0.39 is 0 Å². The number of aryl methyl sites for hydroxylation is 2. The van der Waals surface area contributed by atoms with Crippen molar-refractivity contribution in [3.63, 3.8) is 0 Å². The van der Waals surface area contributed by atoms with Crippen LogP contribution in [0.1, 0.15) is 30.9 Å². The number of hydrogen-bond donors (Lipinski definition) is 1. The fraction of sp³-hybridized carbons (Fsp3) is 0.611. The second-order valence-electron chi connectivity index (χ2n) is 5.76. The Morgan fingerprint density at radius 2 is 2.26 bits per heavy atom. The molecular formula is C18H27NO4. The average Bonchev–Trinajstić information content (AvgIpc) is 2.56. The monoisotopic (exact) mass is 321 g/mol. The molecule has 1 heterocycles. The molecule has 1 aromatic carbocycles. The molecule has 0 spiro atoms. The largest absolute Gasteiger partial charge is 0.494 e. The van der Waals surface area contributed by atoms with Crippen molar-refractivity contribution in [2.45, 2.75) is 39.2 Å². The summed E-state index contributed by atoms with van der Waals surface area (Å²) in [6, 6.07) is 6.22. The topological polar surface area (TPSA) is 56.8 Å². The van der Waals surface area contributed by atoms with E-state index in [-0.39, 0.29) is 12.0 Å². The van der Waals surface area contributed by atoms with Crippen molar-refractivity contribution in [3.8, 4) is 5.75 Å². The molecule has 0 saturated carbocycles. The maximum Gasteiger partial charge on any atom is 0.220 e. The summed E-state index contributed by atoms with van der Waals surface area (Å²) in [7, 11) is 0. The van der Waals surface area contributed by atoms with Crippen LogP contribution >= 0.6 is 0 Å². The summed E-state index contributed by atoms with van der Waals surface area (Å²) in [5, 5.41) is 2.91. The van der Waals surface area contributed by atoms with Gasteiger partial charge in [-0.25, -0.2) is 0 Å². The highest BCUT2D eigenvalue weighted by molar-refractivity contribution is 5.75. The Kier molecular flexibility index (Phi) is 7.36. The molecular weight excluding hydrogens is 294 g/mol. The lowest BCUT2D eigenvalue weighted by molar-refractivity contribution is -0.124. The molecule has 1 N–H and O–H groups in total. The lowest BCUT2D eigenvalue weighted by Crippen LogP contribution is -2.39. The smallest absolute Gasteiger partial charge is 0.220 e. The first-order valence-corrected chi connectivity index (χ1v) is 8.37. The molecule has 2 rings (SSSR count). The molecule has 23 heavy (non-hydrogen) atoms. The van der Waals surface area contributed by atoms with Gasteiger partial charge in [-0.15, -0.1) is 0 Å². The highest BCUT2D eigenvalue weighted by Crippen LogP contribution is 2.20. The molecule has 1 saturated heterocycles. The van der Waals surface area contributed by atoms with Gasteiger partial charge >= 0.3 is 0 Å². The molecule has 5 nitrogen and oxygen atoms in total. The second kappa shape index (κ2) is 9.53. The van der Waals surface area contributed by atoms with Crippen molar-refractivity contribution in [1.82, 2.24) is 5.32 Å². The fourth-order valence-corrected chi connectivity index (χ4v) is 2.61. The van der Waals surface area contributed by atoms with Crippen molar-refractivity contribution in [2.75, 3.05) is 33.0 Å². The zero-order chi connectivity index (χ0) is 16.5. The van der Waals surface area contributed by atoms with Gasteiger partial charge in [0.2, 0.25) is 5.91 Å². The minimum Gasteiger partial charge on any atom is -0.494 e. The van der Waals surface area contributed by atoms with Crippen molar-refractivity contribution in [2.24, 2.45) is 0 Å². The van der Waals surface area contributed by atoms with Gasteiger partial charge in [-0.2, -0.15) is 0 Å². The molecule has 1 atom stereocenters. The van der Waals surface area contributed by atoms with Crippen LogP contribution in [0.15, 0.2) is 18.2 Å². The van der Waals surface area contributed by atoms with Crippen LogP contribution in [0.2, 0.25) is 0 Å². The predicted molar refractivity (Wildman–Crippen MR) is 88.9 cm³/mol. The third-order valence-electron chi connectivity index (χ3n) is 3.82. The van der Waals surface area contributed by atoms with E-state index in [1.54, 1.807) is 0 Å². The van der Waals surface area contributed by atoms with Crippen LogP contribution in [0.4, 0.5) is 0 Å². The van der Waals surface area contributed by atoms with E-state index in [9.17, 15) is 4.79 Å². The van der Waals surface area contributed by atoms with Gasteiger partial charge < -0.3 is 19.5 Å². The maximum atomic E-state index is 11.9. The molecule has 0 bridgehead atoms. The zero-order valence-corrected chi connectivity index (χ0v) is 14.1. The van der Waals surface area contributed by atoms with Crippen LogP contribution in [0.5, 0.6) is 5.75 Å². The van der Waals surface area contributed by atoms with E-state index in [1.807, 2.05) is 19.9 Å². The molecule has 1 fully saturated rings. The van der Waals surface area contributed by atoms with Crippen molar-refractivity contribution < 1.29 is 19.0 Å². The molecule has 1 aliphatic rings. The van der Waals surface area contributed by atoms with Gasteiger partial charge in [0.15, 0.2) is 0 Å². The maximum absolute atomic E-state index is 11.9. The molecule has 1 aliphatic heterocycles. The van der Waals surface area contributed by atoms with Crippen molar-refractivity contribution in [3.05, 3.63) is 29.3 Å². The van der Waals surface area contributed by atoms with E-state index in [0.29, 0.717) is 39.4 Å². The predicted octanol–water partition coefficient (Wildman–Crippen LogP) is 2.25. The summed E-state index contributed by atoms with van der Waals surface area (Å²) < 4.78 is 16.3. The number of carbonyl (C=O) groups excluding carboxylic acids is 1. The third kappa shape index (κ3) is 6.20. The van der Waals surface area contributed by atoms with E-state index >= 15 is 0 Å². The van der Waals surface area contributed by atoms with E-state index in [0.717, 1.165) is 24.2 Å². The molecule has 0 unspecified atom stereocenters. The summed E-state index contributed by atoms with van der Waals surface area (Å²) in [6.07, 6.45) is 2.24. The van der Waals surface area contributed by atoms with E-state index in [2.05, 4.69) is 17.4 Å². The minimum absolute atomic E-state index is 0.0125. The first-order chi connectivity index (χ1) is 11.2. The van der Waals surface area contributed by atoms with Crippen LogP contribution in [0, 0.1) is 6.92 Å². The summed E-state index contributed by atoms with van der Waals surface area (Å²) in [5.74, 6) is 1.01. The number of amides is 1. The SMILES string of the molecule is CCOc1ccc(CCCC(=O)NC[C@H]2COCCO2)cc1C. The standard InChI is InChI=1S/C18H27NO4/c1-3-22-17-8-7-15(11-14(17)2)5-4-6-18(20)19-12-16-13-21-9-10-23-16/h7-8,11,16H,3-6,9-10,12-13H2,1-2H3,(H,19,20)/t16-/m0/s1. The molecule has 128 valence electrons. The van der Waals surface area contributed by atoms with Gasteiger partial charge in [0.25, 0.3) is 0 Å². The molecule has 0 aromatic heterocycles. The quantitative estimate of drug-likeness (QED) is 0.798. The highest BCUT2D eigenvalue weighted by Gasteiger charge is 2.14. The molecule has 1 aromatic rings. The first kappa shape index (κ1) is 17.8. The average molecular weight is 321 g/mol. The Bertz CT molecular complexity index is 498. The van der Waals surface area contributed by atoms with Crippen LogP contribution in [0.3, 0.4) is 0 Å². The Morgan fingerprint density at radius 1 is 1.39 bits per heavy atom. The minimum atomic E-state index is -0.0125. The molecule has 1 amide bonds. The summed E-state index contributed by atoms with van der Waals surface area (Å²) in [6.45, 7) is 7.05. The van der Waals surface area contributed by atoms with Crippen molar-refractivity contribution >= 4 is 5.91 Å². The molecule has 0 radical (unpaired) electrons. The normalized spacial score (nSPS) is 17.7. The van der Waals surface area contributed by atoms with Gasteiger partial charge in [0.1, 0.15) is 5.75 Å². The van der Waals surface area contributed by atoms with Gasteiger partial charge in [-0.3, -0.25) is 4.79 Å². The van der Waals surface area contributed by atoms with Crippen LogP contribution in [-0.2, 0) is 20.7 Å². The molecule has 0 aliphatic carbocycles. The van der Waals surface area contributed by atoms with Crippen molar-refractivity contribution in [1.29, 1.82) is 0 Å². The van der Waals surface area contributed by atoms with Crippen LogP contribution in [0.25, 0.3) is 0 Å². The molecule has 5 heteroatoms. The summed E-state index contributed by atoms with van der Waals surface area (Å²) in [5.41, 5.74) is 2.38. The Hall–Kier alpha value is -1.59. The van der Waals surface area contributed by atoms with E-state index in [1.165, 1.54) is 5.56 Å². The fourth-order valence-electron chi connectivity index (χ4n) is 2.61. The number of hydrogen-bond acceptors (Lipinski definition) is 4. The number of ether oxygens (including phenoxy) is 3. The van der Waals surface area contributed by atoms with Crippen LogP contribution < -0.4 is 10.1 Å². The lowest BCUT2D eigenvalue weighted by atomic mass is 10.0. The lowest BCUT2D eigenvalue weighted by Gasteiger charge is -2.23. The van der Waals surface area contributed by atoms with Gasteiger partial charge in [-0.1, -0.05) is 12.1 Å². The highest BCUT2D eigenvalue weighted by atomic mass is 16.6. The van der Waals surface area contributed by atoms with Crippen LogP contribution in [-0.4, -0.2) is 45.0 Å². The first-order valence-electron chi connectivity index (χ1n) is 8.37. The van der Waals surface area contributed by atoms with Gasteiger partial charge in [0.05, 0.1) is 32.5 Å². The zero-order valence-electron chi connectivity index (χ0n) is 14.1. The Balaban J connectivity index is 1.65. The van der Waals surface area contributed by atoms with E-state index in [4.69, 9.17) is 14.2 Å². The van der Waals surface area contributed by atoms with Gasteiger partial charge in [-0.05, 0) is 43.9 Å². The Labute approximate surface area is 138 Å². The van der Waals surface area contributed by atoms with Gasteiger partial charge in [0, 0.05) is 13.0 Å².